The van der Waals surface area contributed by atoms with Crippen molar-refractivity contribution in [1.29, 1.82) is 0 Å². The largest absolute Gasteiger partial charge is 0.497 e. The number of ether oxygens (including phenoxy) is 2. The third-order valence-electron chi connectivity index (χ3n) is 4.93. The molecule has 1 saturated heterocycles. The van der Waals surface area contributed by atoms with Crippen LogP contribution in [-0.2, 0) is 10.0 Å². The molecule has 0 spiro atoms. The standard InChI is InChI=1S/C20H25NO4S/c1-14-7-8-15(2)20(12-14)26(22,23)21-11-5-6-18(21)17-13-16(24-3)9-10-19(17)25-4/h7-10,12-13,18H,5-6,11H2,1-4H3/t18-/m1/s1. The van der Waals surface area contributed by atoms with Gasteiger partial charge in [0.05, 0.1) is 25.2 Å². The molecule has 5 nitrogen and oxygen atoms in total. The first-order valence-corrected chi connectivity index (χ1v) is 10.1. The monoisotopic (exact) mass is 375 g/mol. The molecule has 26 heavy (non-hydrogen) atoms. The quantitative estimate of drug-likeness (QED) is 0.797. The van der Waals surface area contributed by atoms with Crippen molar-refractivity contribution in [1.82, 2.24) is 4.31 Å². The Morgan fingerprint density at radius 1 is 1.04 bits per heavy atom. The second-order valence-corrected chi connectivity index (χ2v) is 8.51. The summed E-state index contributed by atoms with van der Waals surface area (Å²) in [7, 11) is -0.394. The van der Waals surface area contributed by atoms with Crippen LogP contribution in [0.4, 0.5) is 0 Å². The number of methoxy groups -OCH3 is 2. The number of hydrogen-bond acceptors (Lipinski definition) is 4. The Morgan fingerprint density at radius 3 is 2.50 bits per heavy atom. The van der Waals surface area contributed by atoms with E-state index >= 15 is 0 Å². The first-order valence-electron chi connectivity index (χ1n) is 8.69. The molecular formula is C20H25NO4S. The zero-order valence-corrected chi connectivity index (χ0v) is 16.5. The Bertz CT molecular complexity index is 908. The van der Waals surface area contributed by atoms with Crippen LogP contribution in [0.15, 0.2) is 41.3 Å². The predicted molar refractivity (Wildman–Crippen MR) is 101 cm³/mol. The lowest BCUT2D eigenvalue weighted by Crippen LogP contribution is -2.31. The molecule has 0 N–H and O–H groups in total. The molecule has 1 aliphatic heterocycles. The van der Waals surface area contributed by atoms with Crippen molar-refractivity contribution in [3.63, 3.8) is 0 Å². The van der Waals surface area contributed by atoms with E-state index in [1.165, 1.54) is 0 Å². The molecule has 2 aromatic carbocycles. The minimum absolute atomic E-state index is 0.259. The average molecular weight is 375 g/mol. The van der Waals surface area contributed by atoms with E-state index in [0.29, 0.717) is 22.9 Å². The molecule has 1 fully saturated rings. The van der Waals surface area contributed by atoms with Gasteiger partial charge in [0.25, 0.3) is 0 Å². The van der Waals surface area contributed by atoms with E-state index < -0.39 is 10.0 Å². The van der Waals surface area contributed by atoms with Gasteiger partial charge in [-0.05, 0) is 62.1 Å². The van der Waals surface area contributed by atoms with Gasteiger partial charge in [-0.2, -0.15) is 4.31 Å². The highest BCUT2D eigenvalue weighted by Crippen LogP contribution is 2.42. The smallest absolute Gasteiger partial charge is 0.243 e. The highest BCUT2D eigenvalue weighted by molar-refractivity contribution is 7.89. The van der Waals surface area contributed by atoms with Gasteiger partial charge < -0.3 is 9.47 Å². The Labute approximate surface area is 155 Å². The molecule has 3 rings (SSSR count). The number of aryl methyl sites for hydroxylation is 2. The van der Waals surface area contributed by atoms with Gasteiger partial charge in [0.1, 0.15) is 11.5 Å². The summed E-state index contributed by atoms with van der Waals surface area (Å²) in [5.74, 6) is 1.37. The van der Waals surface area contributed by atoms with E-state index in [9.17, 15) is 8.42 Å². The van der Waals surface area contributed by atoms with Gasteiger partial charge in [0.15, 0.2) is 0 Å². The summed E-state index contributed by atoms with van der Waals surface area (Å²) in [5, 5.41) is 0. The second kappa shape index (κ2) is 7.29. The van der Waals surface area contributed by atoms with Crippen LogP contribution in [0, 0.1) is 13.8 Å². The number of hydrogen-bond donors (Lipinski definition) is 0. The summed E-state index contributed by atoms with van der Waals surface area (Å²) in [4.78, 5) is 0.381. The Morgan fingerprint density at radius 2 is 1.81 bits per heavy atom. The summed E-state index contributed by atoms with van der Waals surface area (Å²) in [5.41, 5.74) is 2.54. The van der Waals surface area contributed by atoms with Crippen LogP contribution in [0.2, 0.25) is 0 Å². The van der Waals surface area contributed by atoms with Gasteiger partial charge in [-0.1, -0.05) is 12.1 Å². The van der Waals surface area contributed by atoms with Crippen molar-refractivity contribution in [3.05, 3.63) is 53.1 Å². The van der Waals surface area contributed by atoms with Crippen LogP contribution in [0.3, 0.4) is 0 Å². The van der Waals surface area contributed by atoms with Crippen molar-refractivity contribution in [2.45, 2.75) is 37.6 Å². The van der Waals surface area contributed by atoms with Crippen molar-refractivity contribution >= 4 is 10.0 Å². The lowest BCUT2D eigenvalue weighted by molar-refractivity contribution is 0.361. The summed E-state index contributed by atoms with van der Waals surface area (Å²) in [6.07, 6.45) is 1.57. The summed E-state index contributed by atoms with van der Waals surface area (Å²) in [6.45, 7) is 4.25. The molecule has 140 valence electrons. The predicted octanol–water partition coefficient (Wildman–Crippen LogP) is 3.85. The van der Waals surface area contributed by atoms with Crippen molar-refractivity contribution in [2.75, 3.05) is 20.8 Å². The van der Waals surface area contributed by atoms with E-state index in [1.807, 2.05) is 44.2 Å². The topological polar surface area (TPSA) is 55.8 Å². The molecule has 0 aromatic heterocycles. The fraction of sp³-hybridized carbons (Fsp3) is 0.400. The zero-order valence-electron chi connectivity index (χ0n) is 15.7. The first-order chi connectivity index (χ1) is 12.4. The molecule has 6 heteroatoms. The third-order valence-corrected chi connectivity index (χ3v) is 6.98. The number of benzene rings is 2. The number of rotatable bonds is 5. The normalized spacial score (nSPS) is 18.1. The molecule has 0 unspecified atom stereocenters. The molecule has 0 radical (unpaired) electrons. The van der Waals surface area contributed by atoms with Crippen LogP contribution in [0.25, 0.3) is 0 Å². The lowest BCUT2D eigenvalue weighted by atomic mass is 10.0. The lowest BCUT2D eigenvalue weighted by Gasteiger charge is -2.26. The Kier molecular flexibility index (Phi) is 5.25. The molecule has 0 saturated carbocycles. The summed E-state index contributed by atoms with van der Waals surface area (Å²) >= 11 is 0. The SMILES string of the molecule is COc1ccc(OC)c([C@H]2CCCN2S(=O)(=O)c2cc(C)ccc2C)c1. The van der Waals surface area contributed by atoms with Gasteiger partial charge in [0, 0.05) is 12.1 Å². The van der Waals surface area contributed by atoms with Crippen molar-refractivity contribution in [2.24, 2.45) is 0 Å². The molecular weight excluding hydrogens is 350 g/mol. The molecule has 0 aliphatic carbocycles. The summed E-state index contributed by atoms with van der Waals surface area (Å²) in [6, 6.07) is 10.8. The number of nitrogens with zero attached hydrogens (tertiary/aromatic N) is 1. The van der Waals surface area contributed by atoms with E-state index in [1.54, 1.807) is 24.6 Å². The fourth-order valence-electron chi connectivity index (χ4n) is 3.55. The van der Waals surface area contributed by atoms with Crippen LogP contribution in [0.5, 0.6) is 11.5 Å². The summed E-state index contributed by atoms with van der Waals surface area (Å²) < 4.78 is 39.2. The van der Waals surface area contributed by atoms with E-state index in [0.717, 1.165) is 29.5 Å². The maximum absolute atomic E-state index is 13.4. The fourth-order valence-corrected chi connectivity index (χ4v) is 5.54. The van der Waals surface area contributed by atoms with Crippen LogP contribution in [-0.4, -0.2) is 33.5 Å². The van der Waals surface area contributed by atoms with Gasteiger partial charge in [-0.15, -0.1) is 0 Å². The molecule has 0 amide bonds. The van der Waals surface area contributed by atoms with Crippen molar-refractivity contribution in [3.8, 4) is 11.5 Å². The van der Waals surface area contributed by atoms with Crippen LogP contribution < -0.4 is 9.47 Å². The third kappa shape index (κ3) is 3.31. The number of sulfonamides is 1. The first kappa shape index (κ1) is 18.7. The van der Waals surface area contributed by atoms with Crippen molar-refractivity contribution < 1.29 is 17.9 Å². The van der Waals surface area contributed by atoms with Gasteiger partial charge >= 0.3 is 0 Å². The molecule has 1 aliphatic rings. The Hall–Kier alpha value is -2.05. The van der Waals surface area contributed by atoms with E-state index in [-0.39, 0.29) is 6.04 Å². The molecule has 2 aromatic rings. The van der Waals surface area contributed by atoms with E-state index in [2.05, 4.69) is 0 Å². The second-order valence-electron chi connectivity index (χ2n) is 6.65. The zero-order chi connectivity index (χ0) is 18.9. The van der Waals surface area contributed by atoms with Crippen LogP contribution >= 0.6 is 0 Å². The van der Waals surface area contributed by atoms with Gasteiger partial charge in [-0.3, -0.25) is 0 Å². The molecule has 0 bridgehead atoms. The molecule has 1 atom stereocenters. The minimum Gasteiger partial charge on any atom is -0.497 e. The van der Waals surface area contributed by atoms with Crippen LogP contribution in [0.1, 0.15) is 35.6 Å². The highest BCUT2D eigenvalue weighted by Gasteiger charge is 2.38. The van der Waals surface area contributed by atoms with E-state index in [4.69, 9.17) is 9.47 Å². The molecule has 1 heterocycles. The van der Waals surface area contributed by atoms with Gasteiger partial charge in [-0.25, -0.2) is 8.42 Å². The minimum atomic E-state index is -3.60. The highest BCUT2D eigenvalue weighted by atomic mass is 32.2. The van der Waals surface area contributed by atoms with Gasteiger partial charge in [0.2, 0.25) is 10.0 Å². The maximum Gasteiger partial charge on any atom is 0.243 e. The Balaban J connectivity index is 2.07. The maximum atomic E-state index is 13.4. The average Bonchev–Trinajstić information content (AvgIpc) is 3.13.